The Kier molecular flexibility index (Phi) is 6.06. The van der Waals surface area contributed by atoms with E-state index in [0.717, 1.165) is 22.4 Å². The van der Waals surface area contributed by atoms with Gasteiger partial charge in [-0.05, 0) is 50.5 Å². The van der Waals surface area contributed by atoms with Crippen molar-refractivity contribution in [2.24, 2.45) is 0 Å². The molecule has 5 nitrogen and oxygen atoms in total. The summed E-state index contributed by atoms with van der Waals surface area (Å²) in [5.74, 6) is -0.0927. The highest BCUT2D eigenvalue weighted by atomic mass is 16.6. The quantitative estimate of drug-likeness (QED) is 0.685. The van der Waals surface area contributed by atoms with Crippen LogP contribution >= 0.6 is 0 Å². The summed E-state index contributed by atoms with van der Waals surface area (Å²) in [7, 11) is 0. The van der Waals surface area contributed by atoms with Gasteiger partial charge in [-0.1, -0.05) is 48.5 Å². The molecule has 0 spiro atoms. The van der Waals surface area contributed by atoms with Crippen molar-refractivity contribution in [2.45, 2.75) is 39.8 Å². The van der Waals surface area contributed by atoms with Crippen LogP contribution in [0.5, 0.6) is 0 Å². The largest absolute Gasteiger partial charge is 0.444 e. The molecule has 0 atom stereocenters. The molecule has 0 unspecified atom stereocenters. The lowest BCUT2D eigenvalue weighted by Gasteiger charge is -2.26. The number of hydrogen-bond acceptors (Lipinski definition) is 3. The van der Waals surface area contributed by atoms with Crippen molar-refractivity contribution in [1.82, 2.24) is 4.90 Å². The van der Waals surface area contributed by atoms with Gasteiger partial charge in [-0.3, -0.25) is 4.79 Å². The number of carbonyl (C=O) groups excluding carboxylic acids is 2. The third kappa shape index (κ3) is 5.25. The lowest BCUT2D eigenvalue weighted by atomic mass is 10.1. The van der Waals surface area contributed by atoms with Crippen LogP contribution in [-0.4, -0.2) is 35.6 Å². The van der Waals surface area contributed by atoms with Gasteiger partial charge in [0.15, 0.2) is 0 Å². The zero-order chi connectivity index (χ0) is 21.0. The number of hydrogen-bond donors (Lipinski definition) is 0. The highest BCUT2D eigenvalue weighted by Crippen LogP contribution is 2.27. The zero-order valence-corrected chi connectivity index (χ0v) is 17.5. The number of anilines is 1. The Morgan fingerprint density at radius 2 is 1.62 bits per heavy atom. The van der Waals surface area contributed by atoms with Gasteiger partial charge >= 0.3 is 6.09 Å². The Hall–Kier alpha value is -3.08. The Morgan fingerprint density at radius 1 is 0.966 bits per heavy atom. The number of amides is 2. The van der Waals surface area contributed by atoms with Crippen molar-refractivity contribution in [1.29, 1.82) is 0 Å². The highest BCUT2D eigenvalue weighted by Gasteiger charge is 2.28. The van der Waals surface area contributed by atoms with Crippen molar-refractivity contribution >= 4 is 23.3 Å². The van der Waals surface area contributed by atoms with Crippen LogP contribution in [-0.2, 0) is 16.1 Å². The number of para-hydroxylation sites is 1. The topological polar surface area (TPSA) is 49.9 Å². The second kappa shape index (κ2) is 8.52. The molecule has 1 aliphatic heterocycles. The first-order chi connectivity index (χ1) is 13.7. The van der Waals surface area contributed by atoms with E-state index in [2.05, 4.69) is 0 Å². The third-order valence-corrected chi connectivity index (χ3v) is 4.72. The monoisotopic (exact) mass is 392 g/mol. The Labute approximate surface area is 172 Å². The molecule has 0 radical (unpaired) electrons. The summed E-state index contributed by atoms with van der Waals surface area (Å²) >= 11 is 0. The van der Waals surface area contributed by atoms with Crippen molar-refractivity contribution in [3.05, 3.63) is 71.8 Å². The third-order valence-electron chi connectivity index (χ3n) is 4.72. The van der Waals surface area contributed by atoms with E-state index in [-0.39, 0.29) is 12.0 Å². The van der Waals surface area contributed by atoms with E-state index in [1.807, 2.05) is 82.3 Å². The van der Waals surface area contributed by atoms with Crippen LogP contribution in [0.15, 0.2) is 60.7 Å². The van der Waals surface area contributed by atoms with E-state index >= 15 is 0 Å². The minimum Gasteiger partial charge on any atom is -0.444 e. The summed E-state index contributed by atoms with van der Waals surface area (Å²) < 4.78 is 5.54. The first-order valence-electron chi connectivity index (χ1n) is 9.85. The lowest BCUT2D eigenvalue weighted by molar-refractivity contribution is -0.114. The lowest BCUT2D eigenvalue weighted by Crippen LogP contribution is -2.40. The maximum atomic E-state index is 13.1. The first-order valence-corrected chi connectivity index (χ1v) is 9.85. The molecule has 0 N–H and O–H groups in total. The Balaban J connectivity index is 1.85. The predicted molar refractivity (Wildman–Crippen MR) is 116 cm³/mol. The van der Waals surface area contributed by atoms with Gasteiger partial charge in [0.25, 0.3) is 5.91 Å². The fraction of sp³-hybridized carbons (Fsp3) is 0.333. The van der Waals surface area contributed by atoms with Gasteiger partial charge in [-0.15, -0.1) is 0 Å². The number of carbonyl (C=O) groups is 2. The Bertz CT molecular complexity index is 913. The van der Waals surface area contributed by atoms with Gasteiger partial charge in [0, 0.05) is 24.9 Å². The molecule has 2 aromatic carbocycles. The van der Waals surface area contributed by atoms with Crippen molar-refractivity contribution in [3.8, 4) is 0 Å². The summed E-state index contributed by atoms with van der Waals surface area (Å²) in [6.45, 7) is 8.72. The van der Waals surface area contributed by atoms with Gasteiger partial charge in [-0.2, -0.15) is 0 Å². The molecule has 2 aromatic rings. The van der Waals surface area contributed by atoms with E-state index in [4.69, 9.17) is 4.74 Å². The maximum Gasteiger partial charge on any atom is 0.410 e. The average molecular weight is 392 g/mol. The van der Waals surface area contributed by atoms with E-state index < -0.39 is 5.60 Å². The molecular formula is C24H28N2O3. The molecule has 0 saturated heterocycles. The summed E-state index contributed by atoms with van der Waals surface area (Å²) in [5, 5.41) is 0. The molecule has 2 amide bonds. The predicted octanol–water partition coefficient (Wildman–Crippen LogP) is 4.87. The maximum absolute atomic E-state index is 13.1. The van der Waals surface area contributed by atoms with Crippen LogP contribution in [0.1, 0.15) is 38.8 Å². The van der Waals surface area contributed by atoms with Crippen LogP contribution in [0.3, 0.4) is 0 Å². The van der Waals surface area contributed by atoms with E-state index in [9.17, 15) is 9.59 Å². The minimum atomic E-state index is -0.562. The van der Waals surface area contributed by atoms with Gasteiger partial charge in [0.05, 0.1) is 6.54 Å². The van der Waals surface area contributed by atoms with Gasteiger partial charge in [0.2, 0.25) is 0 Å². The van der Waals surface area contributed by atoms with Crippen molar-refractivity contribution in [3.63, 3.8) is 0 Å². The van der Waals surface area contributed by atoms with Gasteiger partial charge in [0.1, 0.15) is 5.60 Å². The molecular weight excluding hydrogens is 364 g/mol. The number of nitrogens with zero attached hydrogens (tertiary/aromatic N) is 2. The molecule has 5 heteroatoms. The van der Waals surface area contributed by atoms with Gasteiger partial charge < -0.3 is 14.5 Å². The molecule has 3 rings (SSSR count). The smallest absolute Gasteiger partial charge is 0.410 e. The average Bonchev–Trinajstić information content (AvgIpc) is 2.87. The summed E-state index contributed by atoms with van der Waals surface area (Å²) in [5.41, 5.74) is 3.12. The second-order valence-corrected chi connectivity index (χ2v) is 8.21. The zero-order valence-electron chi connectivity index (χ0n) is 17.5. The number of ether oxygens (including phenoxy) is 1. The molecule has 1 heterocycles. The Morgan fingerprint density at radius 3 is 2.31 bits per heavy atom. The van der Waals surface area contributed by atoms with E-state index in [1.54, 1.807) is 15.9 Å². The molecule has 0 bridgehead atoms. The number of benzene rings is 2. The van der Waals surface area contributed by atoms with Crippen LogP contribution in [0, 0.1) is 0 Å². The number of fused-ring (bicyclic) bond motifs is 1. The first kappa shape index (κ1) is 20.6. The van der Waals surface area contributed by atoms with Crippen LogP contribution in [0.2, 0.25) is 0 Å². The van der Waals surface area contributed by atoms with Gasteiger partial charge in [-0.25, -0.2) is 4.79 Å². The molecule has 0 aromatic heterocycles. The number of rotatable bonds is 2. The molecule has 29 heavy (non-hydrogen) atoms. The fourth-order valence-corrected chi connectivity index (χ4v) is 3.29. The minimum absolute atomic E-state index is 0.0927. The van der Waals surface area contributed by atoms with E-state index in [0.29, 0.717) is 19.6 Å². The van der Waals surface area contributed by atoms with Crippen LogP contribution in [0.25, 0.3) is 5.57 Å². The van der Waals surface area contributed by atoms with E-state index in [1.165, 1.54) is 0 Å². The second-order valence-electron chi connectivity index (χ2n) is 8.21. The van der Waals surface area contributed by atoms with Crippen molar-refractivity contribution in [2.75, 3.05) is 18.0 Å². The summed E-state index contributed by atoms with van der Waals surface area (Å²) in [6.07, 6.45) is 1.30. The van der Waals surface area contributed by atoms with Crippen LogP contribution < -0.4 is 4.90 Å². The van der Waals surface area contributed by atoms with Crippen molar-refractivity contribution < 1.29 is 14.3 Å². The summed E-state index contributed by atoms with van der Waals surface area (Å²) in [4.78, 5) is 29.1. The molecule has 0 saturated carbocycles. The molecule has 0 aliphatic carbocycles. The van der Waals surface area contributed by atoms with Crippen LogP contribution in [0.4, 0.5) is 10.5 Å². The summed E-state index contributed by atoms with van der Waals surface area (Å²) in [6, 6.07) is 17.5. The number of allylic oxidation sites excluding steroid dienone is 1. The molecule has 0 fully saturated rings. The normalized spacial score (nSPS) is 14.8. The standard InChI is InChI=1S/C24H28N2O3/c1-18(19-10-6-5-7-11-19)16-22(27)26-15-14-25(23(28)29-24(2,3)4)17-20-12-8-9-13-21(20)26/h5-13,16H,14-15,17H2,1-4H3. The molecule has 152 valence electrons. The fourth-order valence-electron chi connectivity index (χ4n) is 3.29. The molecule has 1 aliphatic rings. The highest BCUT2D eigenvalue weighted by molar-refractivity contribution is 6.06. The SMILES string of the molecule is CC(=CC(=O)N1CCN(C(=O)OC(C)(C)C)Cc2ccccc21)c1ccccc1.